The smallest absolute Gasteiger partial charge is 0.191 e. The summed E-state index contributed by atoms with van der Waals surface area (Å²) in [5.41, 5.74) is 7.07. The molecule has 0 bridgehead atoms. The maximum atomic E-state index is 6.07. The molecule has 106 valence electrons. The number of likely N-dealkylation sites (tertiary alicyclic amines) is 1. The largest absolute Gasteiger partial charge is 0.370 e. The molecule has 1 fully saturated rings. The molecular weight excluding hydrogens is 258 g/mol. The third-order valence-electron chi connectivity index (χ3n) is 3.26. The van der Waals surface area contributed by atoms with Crippen LogP contribution in [0.4, 0.5) is 5.13 Å². The van der Waals surface area contributed by atoms with Crippen LogP contribution in [0.25, 0.3) is 0 Å². The predicted octanol–water partition coefficient (Wildman–Crippen LogP) is 1.90. The minimum atomic E-state index is 0.576. The SMILES string of the molecule is CN(C)c1nc(CN=C(N)N2CCCCCC2)cs1. The van der Waals surface area contributed by atoms with E-state index in [0.717, 1.165) is 23.9 Å². The van der Waals surface area contributed by atoms with Gasteiger partial charge in [-0.1, -0.05) is 12.8 Å². The van der Waals surface area contributed by atoms with Crippen LogP contribution in [0, 0.1) is 0 Å². The molecular formula is C13H23N5S. The number of aromatic nitrogens is 1. The number of anilines is 1. The fourth-order valence-electron chi connectivity index (χ4n) is 2.14. The highest BCUT2D eigenvalue weighted by Crippen LogP contribution is 2.18. The molecule has 1 aliphatic rings. The summed E-state index contributed by atoms with van der Waals surface area (Å²) in [6.07, 6.45) is 5.06. The summed E-state index contributed by atoms with van der Waals surface area (Å²) in [6.45, 7) is 2.65. The van der Waals surface area contributed by atoms with Crippen LogP contribution in [0.5, 0.6) is 0 Å². The zero-order chi connectivity index (χ0) is 13.7. The van der Waals surface area contributed by atoms with Gasteiger partial charge in [0.15, 0.2) is 11.1 Å². The van der Waals surface area contributed by atoms with E-state index in [1.807, 2.05) is 19.0 Å². The van der Waals surface area contributed by atoms with Crippen molar-refractivity contribution >= 4 is 22.4 Å². The second-order valence-electron chi connectivity index (χ2n) is 5.09. The first-order valence-electron chi connectivity index (χ1n) is 6.83. The lowest BCUT2D eigenvalue weighted by atomic mass is 10.2. The number of hydrogen-bond acceptors (Lipinski definition) is 4. The Hall–Kier alpha value is -1.30. The van der Waals surface area contributed by atoms with Crippen LogP contribution in [0.2, 0.25) is 0 Å². The Morgan fingerprint density at radius 1 is 1.37 bits per heavy atom. The van der Waals surface area contributed by atoms with Crippen molar-refractivity contribution in [2.24, 2.45) is 10.7 Å². The zero-order valence-electron chi connectivity index (χ0n) is 11.8. The molecule has 0 aliphatic carbocycles. The fraction of sp³-hybridized carbons (Fsp3) is 0.692. The van der Waals surface area contributed by atoms with Crippen molar-refractivity contribution in [2.45, 2.75) is 32.2 Å². The van der Waals surface area contributed by atoms with Gasteiger partial charge in [0.25, 0.3) is 0 Å². The van der Waals surface area contributed by atoms with E-state index in [-0.39, 0.29) is 0 Å². The van der Waals surface area contributed by atoms with Crippen LogP contribution in [0.3, 0.4) is 0 Å². The summed E-state index contributed by atoms with van der Waals surface area (Å²) in [4.78, 5) is 13.2. The second-order valence-corrected chi connectivity index (χ2v) is 5.93. The van der Waals surface area contributed by atoms with E-state index in [4.69, 9.17) is 5.73 Å². The lowest BCUT2D eigenvalue weighted by Crippen LogP contribution is -2.38. The quantitative estimate of drug-likeness (QED) is 0.679. The van der Waals surface area contributed by atoms with E-state index in [1.54, 1.807) is 11.3 Å². The Morgan fingerprint density at radius 2 is 2.05 bits per heavy atom. The average molecular weight is 281 g/mol. The maximum Gasteiger partial charge on any atom is 0.191 e. The van der Waals surface area contributed by atoms with Gasteiger partial charge in [0, 0.05) is 32.6 Å². The van der Waals surface area contributed by atoms with Crippen molar-refractivity contribution in [1.29, 1.82) is 0 Å². The summed E-state index contributed by atoms with van der Waals surface area (Å²) < 4.78 is 0. The first-order valence-corrected chi connectivity index (χ1v) is 7.71. The second kappa shape index (κ2) is 6.75. The van der Waals surface area contributed by atoms with Crippen molar-refractivity contribution < 1.29 is 0 Å². The van der Waals surface area contributed by atoms with Gasteiger partial charge in [-0.3, -0.25) is 0 Å². The van der Waals surface area contributed by atoms with Crippen LogP contribution in [-0.2, 0) is 6.54 Å². The van der Waals surface area contributed by atoms with E-state index in [2.05, 4.69) is 20.3 Å². The molecule has 0 atom stereocenters. The van der Waals surface area contributed by atoms with Gasteiger partial charge in [-0.2, -0.15) is 0 Å². The molecule has 19 heavy (non-hydrogen) atoms. The van der Waals surface area contributed by atoms with E-state index < -0.39 is 0 Å². The lowest BCUT2D eigenvalue weighted by Gasteiger charge is -2.20. The number of aliphatic imine (C=N–C) groups is 1. The van der Waals surface area contributed by atoms with Gasteiger partial charge < -0.3 is 15.5 Å². The molecule has 2 rings (SSSR count). The molecule has 0 unspecified atom stereocenters. The first kappa shape index (κ1) is 14.1. The summed E-state index contributed by atoms with van der Waals surface area (Å²) in [7, 11) is 3.99. The highest BCUT2D eigenvalue weighted by atomic mass is 32.1. The van der Waals surface area contributed by atoms with Crippen LogP contribution in [0.1, 0.15) is 31.4 Å². The molecule has 6 heteroatoms. The molecule has 0 aromatic carbocycles. The molecule has 0 saturated carbocycles. The van der Waals surface area contributed by atoms with Crippen molar-refractivity contribution in [3.63, 3.8) is 0 Å². The topological polar surface area (TPSA) is 57.8 Å². The van der Waals surface area contributed by atoms with Crippen molar-refractivity contribution in [1.82, 2.24) is 9.88 Å². The molecule has 1 aromatic heterocycles. The van der Waals surface area contributed by atoms with Crippen LogP contribution in [0.15, 0.2) is 10.4 Å². The third-order valence-corrected chi connectivity index (χ3v) is 4.31. The Labute approximate surface area is 119 Å². The van der Waals surface area contributed by atoms with Gasteiger partial charge in [0.2, 0.25) is 0 Å². The van der Waals surface area contributed by atoms with E-state index >= 15 is 0 Å². The minimum absolute atomic E-state index is 0.576. The van der Waals surface area contributed by atoms with Crippen LogP contribution < -0.4 is 10.6 Å². The van der Waals surface area contributed by atoms with Gasteiger partial charge in [-0.25, -0.2) is 9.98 Å². The molecule has 0 amide bonds. The normalized spacial score (nSPS) is 17.4. The molecule has 0 spiro atoms. The Balaban J connectivity index is 1.92. The summed E-state index contributed by atoms with van der Waals surface area (Å²) in [5, 5.41) is 3.06. The zero-order valence-corrected chi connectivity index (χ0v) is 12.6. The van der Waals surface area contributed by atoms with Gasteiger partial charge >= 0.3 is 0 Å². The van der Waals surface area contributed by atoms with Crippen LogP contribution in [-0.4, -0.2) is 43.0 Å². The van der Waals surface area contributed by atoms with E-state index in [0.29, 0.717) is 12.5 Å². The van der Waals surface area contributed by atoms with Gasteiger partial charge in [-0.05, 0) is 12.8 Å². The number of hydrogen-bond donors (Lipinski definition) is 1. The standard InChI is InChI=1S/C13H23N5S/c1-17(2)13-16-11(10-19-13)9-15-12(14)18-7-5-3-4-6-8-18/h10H,3-9H2,1-2H3,(H2,14,15). The summed E-state index contributed by atoms with van der Waals surface area (Å²) in [5.74, 6) is 0.668. The Morgan fingerprint density at radius 3 is 2.63 bits per heavy atom. The van der Waals surface area contributed by atoms with Crippen molar-refractivity contribution in [3.05, 3.63) is 11.1 Å². The first-order chi connectivity index (χ1) is 9.16. The molecule has 2 heterocycles. The molecule has 2 N–H and O–H groups in total. The molecule has 5 nitrogen and oxygen atoms in total. The number of nitrogens with two attached hydrogens (primary N) is 1. The van der Waals surface area contributed by atoms with Crippen molar-refractivity contribution in [2.75, 3.05) is 32.1 Å². The van der Waals surface area contributed by atoms with E-state index in [1.165, 1.54) is 25.7 Å². The molecule has 1 aromatic rings. The maximum absolute atomic E-state index is 6.07. The molecule has 1 saturated heterocycles. The average Bonchev–Trinajstić information content (AvgIpc) is 2.70. The highest BCUT2D eigenvalue weighted by molar-refractivity contribution is 7.13. The Bertz CT molecular complexity index is 418. The summed E-state index contributed by atoms with van der Waals surface area (Å²) in [6, 6.07) is 0. The number of thiazole rings is 1. The molecule has 0 radical (unpaired) electrons. The fourth-order valence-corrected chi connectivity index (χ4v) is 2.89. The number of rotatable bonds is 3. The third kappa shape index (κ3) is 4.09. The van der Waals surface area contributed by atoms with Gasteiger partial charge in [0.05, 0.1) is 12.2 Å². The van der Waals surface area contributed by atoms with Gasteiger partial charge in [-0.15, -0.1) is 11.3 Å². The van der Waals surface area contributed by atoms with Gasteiger partial charge in [0.1, 0.15) is 0 Å². The molecule has 1 aliphatic heterocycles. The number of guanidine groups is 1. The lowest BCUT2D eigenvalue weighted by molar-refractivity contribution is 0.428. The van der Waals surface area contributed by atoms with E-state index in [9.17, 15) is 0 Å². The predicted molar refractivity (Wildman–Crippen MR) is 81.8 cm³/mol. The Kier molecular flexibility index (Phi) is 5.01. The summed E-state index contributed by atoms with van der Waals surface area (Å²) >= 11 is 1.64. The van der Waals surface area contributed by atoms with Crippen molar-refractivity contribution in [3.8, 4) is 0 Å². The minimum Gasteiger partial charge on any atom is -0.370 e. The monoisotopic (exact) mass is 281 g/mol. The van der Waals surface area contributed by atoms with Crippen LogP contribution >= 0.6 is 11.3 Å². The number of nitrogens with zero attached hydrogens (tertiary/aromatic N) is 4. The highest BCUT2D eigenvalue weighted by Gasteiger charge is 2.11.